The van der Waals surface area contributed by atoms with E-state index in [9.17, 15) is 39.3 Å². The number of urea groups is 1. The Bertz CT molecular complexity index is 1360. The number of thiazole rings is 1. The number of aromatic nitrogens is 1. The topological polar surface area (TPSA) is 223 Å². The average molecular weight is 578 g/mol. The Balaban J connectivity index is 1.47. The van der Waals surface area contributed by atoms with Crippen LogP contribution in [0.1, 0.15) is 31.1 Å². The number of carboxylic acids is 1. The lowest BCUT2D eigenvalue weighted by molar-refractivity contribution is -0.161. The fourth-order valence-corrected chi connectivity index (χ4v) is 6.46. The molecule has 2 aliphatic heterocycles. The molecule has 0 bridgehead atoms. The SMILES string of the molecule is CC1(C)S[C@@H]2[C@H](NC(=O)C(NC(=O)NN=Cc3ccc(O)c(O)c3)c3csc(NC=O)n3)C(=O)N2[C@H]1C(=O)O. The van der Waals surface area contributed by atoms with E-state index < -0.39 is 52.1 Å². The van der Waals surface area contributed by atoms with Crippen molar-refractivity contribution in [1.29, 1.82) is 0 Å². The molecule has 2 fully saturated rings. The molecule has 39 heavy (non-hydrogen) atoms. The number of carbonyl (C=O) groups is 5. The van der Waals surface area contributed by atoms with Gasteiger partial charge in [-0.3, -0.25) is 14.4 Å². The molecule has 15 nitrogen and oxygen atoms in total. The zero-order valence-electron chi connectivity index (χ0n) is 20.3. The summed E-state index contributed by atoms with van der Waals surface area (Å²) in [7, 11) is 0. The maximum Gasteiger partial charge on any atom is 0.336 e. The number of carbonyl (C=O) groups excluding carboxylic acids is 4. The van der Waals surface area contributed by atoms with Gasteiger partial charge in [-0.15, -0.1) is 23.1 Å². The molecule has 0 aliphatic carbocycles. The summed E-state index contributed by atoms with van der Waals surface area (Å²) in [5.41, 5.74) is 2.58. The maximum atomic E-state index is 13.3. The molecular formula is C22H23N7O8S2. The first kappa shape index (κ1) is 27.6. The van der Waals surface area contributed by atoms with E-state index in [1.807, 2.05) is 0 Å². The van der Waals surface area contributed by atoms with Gasteiger partial charge in [-0.25, -0.2) is 20.0 Å². The number of rotatable bonds is 9. The van der Waals surface area contributed by atoms with Crippen LogP contribution in [-0.2, 0) is 19.2 Å². The first-order valence-electron chi connectivity index (χ1n) is 11.2. The van der Waals surface area contributed by atoms with Gasteiger partial charge in [0.05, 0.1) is 11.9 Å². The molecule has 2 aliphatic rings. The fourth-order valence-electron chi connectivity index (χ4n) is 4.14. The van der Waals surface area contributed by atoms with Gasteiger partial charge in [0.25, 0.3) is 0 Å². The number of hydrogen-bond acceptors (Lipinski definition) is 11. The highest BCUT2D eigenvalue weighted by atomic mass is 32.2. The van der Waals surface area contributed by atoms with E-state index in [0.29, 0.717) is 12.0 Å². The minimum atomic E-state index is -1.41. The van der Waals surface area contributed by atoms with Crippen molar-refractivity contribution in [3.8, 4) is 11.5 Å². The smallest absolute Gasteiger partial charge is 0.336 e. The predicted molar refractivity (Wildman–Crippen MR) is 139 cm³/mol. The second-order valence-corrected chi connectivity index (χ2v) is 11.6. The predicted octanol–water partition coefficient (Wildman–Crippen LogP) is 0.129. The van der Waals surface area contributed by atoms with Crippen LogP contribution >= 0.6 is 23.1 Å². The minimum absolute atomic E-state index is 0.0656. The number of hydrogen-bond donors (Lipinski definition) is 7. The van der Waals surface area contributed by atoms with Crippen molar-refractivity contribution in [3.63, 3.8) is 0 Å². The molecule has 1 aromatic heterocycles. The summed E-state index contributed by atoms with van der Waals surface area (Å²) in [5, 5.41) is 40.5. The third-order valence-corrected chi connectivity index (χ3v) is 8.25. The van der Waals surface area contributed by atoms with Crippen molar-refractivity contribution < 1.29 is 39.3 Å². The third-order valence-electron chi connectivity index (χ3n) is 5.89. The molecule has 2 saturated heterocycles. The number of aromatic hydroxyl groups is 2. The zero-order valence-corrected chi connectivity index (χ0v) is 21.9. The molecule has 2 aromatic rings. The maximum absolute atomic E-state index is 13.3. The van der Waals surface area contributed by atoms with Gasteiger partial charge in [0, 0.05) is 10.1 Å². The molecule has 5 amide bonds. The summed E-state index contributed by atoms with van der Waals surface area (Å²) < 4.78 is -0.792. The van der Waals surface area contributed by atoms with E-state index >= 15 is 0 Å². The monoisotopic (exact) mass is 577 g/mol. The van der Waals surface area contributed by atoms with Crippen molar-refractivity contribution in [2.24, 2.45) is 5.10 Å². The van der Waals surface area contributed by atoms with Crippen LogP contribution in [0.2, 0.25) is 0 Å². The summed E-state index contributed by atoms with van der Waals surface area (Å²) in [4.78, 5) is 66.4. The molecule has 0 radical (unpaired) electrons. The van der Waals surface area contributed by atoms with Crippen LogP contribution in [-0.4, -0.2) is 83.8 Å². The first-order chi connectivity index (χ1) is 18.4. The molecule has 3 heterocycles. The number of phenolic OH excluding ortho intramolecular Hbond substituents is 2. The number of β-lactam (4-membered cyclic amide) rings is 1. The highest BCUT2D eigenvalue weighted by Gasteiger charge is 2.64. The highest BCUT2D eigenvalue weighted by Crippen LogP contribution is 2.50. The van der Waals surface area contributed by atoms with E-state index in [4.69, 9.17) is 0 Å². The number of nitrogens with zero attached hydrogens (tertiary/aromatic N) is 3. The van der Waals surface area contributed by atoms with Crippen molar-refractivity contribution in [3.05, 3.63) is 34.8 Å². The van der Waals surface area contributed by atoms with Gasteiger partial charge >= 0.3 is 12.0 Å². The molecule has 1 aromatic carbocycles. The molecule has 206 valence electrons. The van der Waals surface area contributed by atoms with E-state index in [2.05, 4.69) is 31.5 Å². The van der Waals surface area contributed by atoms with Crippen molar-refractivity contribution in [2.75, 3.05) is 5.32 Å². The Morgan fingerprint density at radius 3 is 2.64 bits per heavy atom. The quantitative estimate of drug-likeness (QED) is 0.0701. The largest absolute Gasteiger partial charge is 0.504 e. The summed E-state index contributed by atoms with van der Waals surface area (Å²) in [6.07, 6.45) is 1.58. The Kier molecular flexibility index (Phi) is 7.64. The number of anilines is 1. The third kappa shape index (κ3) is 5.58. The number of nitrogens with one attached hydrogen (secondary N) is 4. The number of hydrazone groups is 1. The molecule has 0 saturated carbocycles. The van der Waals surface area contributed by atoms with E-state index in [0.717, 1.165) is 11.3 Å². The molecular weight excluding hydrogens is 554 g/mol. The Labute approximate surface area is 228 Å². The normalized spacial score (nSPS) is 21.9. The van der Waals surface area contributed by atoms with Gasteiger partial charge in [0.2, 0.25) is 18.2 Å². The van der Waals surface area contributed by atoms with Crippen molar-refractivity contribution in [2.45, 2.75) is 42.1 Å². The van der Waals surface area contributed by atoms with Crippen LogP contribution in [0.25, 0.3) is 0 Å². The van der Waals surface area contributed by atoms with Crippen LogP contribution < -0.4 is 21.4 Å². The van der Waals surface area contributed by atoms with E-state index in [-0.39, 0.29) is 22.3 Å². The van der Waals surface area contributed by atoms with Crippen LogP contribution in [0.5, 0.6) is 11.5 Å². The molecule has 4 atom stereocenters. The number of benzene rings is 1. The molecule has 4 rings (SSSR count). The van der Waals surface area contributed by atoms with E-state index in [1.54, 1.807) is 13.8 Å². The Morgan fingerprint density at radius 2 is 1.97 bits per heavy atom. The molecule has 7 N–H and O–H groups in total. The molecule has 0 spiro atoms. The average Bonchev–Trinajstić information content (AvgIpc) is 3.43. The Hall–Kier alpha value is -4.38. The number of amides is 5. The van der Waals surface area contributed by atoms with E-state index in [1.165, 1.54) is 46.5 Å². The van der Waals surface area contributed by atoms with Gasteiger partial charge in [-0.2, -0.15) is 5.10 Å². The van der Waals surface area contributed by atoms with Crippen molar-refractivity contribution >= 4 is 64.7 Å². The Morgan fingerprint density at radius 1 is 1.23 bits per heavy atom. The van der Waals surface area contributed by atoms with Gasteiger partial charge in [-0.05, 0) is 37.6 Å². The van der Waals surface area contributed by atoms with Gasteiger partial charge < -0.3 is 36.2 Å². The standard InChI is InChI=1S/C22H23N7O8S2/c1-22(2)15(19(35)36)29-17(34)14(18(29)39-22)26-16(33)13(10-7-38-21(25-10)23-8-30)27-20(37)28-24-6-9-3-4-11(31)12(32)5-9/h3-8,13-15,18,31-32H,1-2H3,(H,26,33)(H,35,36)(H,23,25,30)(H2,27,28,37)/t13?,14-,15+,18-/m1/s1. The lowest BCUT2D eigenvalue weighted by Crippen LogP contribution is -2.71. The number of phenols is 2. The second kappa shape index (κ2) is 10.8. The zero-order chi connectivity index (χ0) is 28.5. The molecule has 1 unspecified atom stereocenters. The summed E-state index contributed by atoms with van der Waals surface area (Å²) in [6, 6.07) is -0.538. The summed E-state index contributed by atoms with van der Waals surface area (Å²) in [6.45, 7) is 3.40. The van der Waals surface area contributed by atoms with Crippen LogP contribution in [0.15, 0.2) is 28.7 Å². The number of fused-ring (bicyclic) bond motifs is 1. The summed E-state index contributed by atoms with van der Waals surface area (Å²) in [5.74, 6) is -3.22. The van der Waals surface area contributed by atoms with Crippen LogP contribution in [0.4, 0.5) is 9.93 Å². The lowest BCUT2D eigenvalue weighted by Gasteiger charge is -2.43. The number of thioether (sulfide) groups is 1. The second-order valence-electron chi connectivity index (χ2n) is 8.95. The summed E-state index contributed by atoms with van der Waals surface area (Å²) >= 11 is 2.24. The first-order valence-corrected chi connectivity index (χ1v) is 13.0. The highest BCUT2D eigenvalue weighted by molar-refractivity contribution is 8.01. The van der Waals surface area contributed by atoms with Crippen molar-refractivity contribution in [1.82, 2.24) is 25.9 Å². The van der Waals surface area contributed by atoms with Gasteiger partial charge in [0.15, 0.2) is 22.7 Å². The van der Waals surface area contributed by atoms with Crippen LogP contribution in [0, 0.1) is 0 Å². The fraction of sp³-hybridized carbons (Fsp3) is 0.318. The van der Waals surface area contributed by atoms with Crippen LogP contribution in [0.3, 0.4) is 0 Å². The molecule has 17 heteroatoms. The number of aliphatic carboxylic acids is 1. The lowest BCUT2D eigenvalue weighted by atomic mass is 9.96. The number of carboxylic acid groups (broad SMARTS) is 1. The van der Waals surface area contributed by atoms with Gasteiger partial charge in [-0.1, -0.05) is 0 Å². The minimum Gasteiger partial charge on any atom is -0.504 e. The van der Waals surface area contributed by atoms with Gasteiger partial charge in [0.1, 0.15) is 17.5 Å².